The number of hydrogen-bond acceptors (Lipinski definition) is 3. The normalized spacial score (nSPS) is 10.7. The highest BCUT2D eigenvalue weighted by atomic mass is 35.5. The van der Waals surface area contributed by atoms with E-state index in [0.717, 1.165) is 28.0 Å². The molecule has 0 aliphatic rings. The Hall–Kier alpha value is -2.39. The number of benzene rings is 2. The lowest BCUT2D eigenvalue weighted by Crippen LogP contribution is -1.86. The van der Waals surface area contributed by atoms with Gasteiger partial charge in [0.1, 0.15) is 17.1 Å². The van der Waals surface area contributed by atoms with Crippen LogP contribution in [0, 0.1) is 0 Å². The van der Waals surface area contributed by atoms with Crippen LogP contribution < -0.4 is 5.32 Å². The van der Waals surface area contributed by atoms with Crippen molar-refractivity contribution in [2.24, 2.45) is 0 Å². The van der Waals surface area contributed by atoms with Gasteiger partial charge in [-0.05, 0) is 48.0 Å². The Bertz CT molecular complexity index is 760. The first-order valence-electron chi connectivity index (χ1n) is 6.43. The van der Waals surface area contributed by atoms with Gasteiger partial charge < -0.3 is 14.8 Å². The van der Waals surface area contributed by atoms with Gasteiger partial charge in [0.25, 0.3) is 0 Å². The van der Waals surface area contributed by atoms with E-state index in [-0.39, 0.29) is 18.2 Å². The van der Waals surface area contributed by atoms with Gasteiger partial charge in [-0.2, -0.15) is 0 Å². The fourth-order valence-corrected chi connectivity index (χ4v) is 2.07. The Labute approximate surface area is 129 Å². The number of nitrogens with one attached hydrogen (secondary N) is 1. The summed E-state index contributed by atoms with van der Waals surface area (Å²) in [4.78, 5) is 0. The predicted octanol–water partition coefficient (Wildman–Crippen LogP) is 4.77. The molecule has 0 amide bonds. The molecule has 0 atom stereocenters. The molecule has 3 nitrogen and oxygen atoms in total. The van der Waals surface area contributed by atoms with E-state index in [4.69, 9.17) is 4.42 Å². The summed E-state index contributed by atoms with van der Waals surface area (Å²) in [7, 11) is 1.90. The van der Waals surface area contributed by atoms with E-state index in [1.54, 1.807) is 18.2 Å². The highest BCUT2D eigenvalue weighted by molar-refractivity contribution is 5.85. The van der Waals surface area contributed by atoms with Gasteiger partial charge in [-0.3, -0.25) is 0 Å². The Balaban J connectivity index is 0.00000161. The molecule has 0 unspecified atom stereocenters. The molecule has 3 aromatic rings. The van der Waals surface area contributed by atoms with Crippen molar-refractivity contribution in [3.05, 3.63) is 59.9 Å². The van der Waals surface area contributed by atoms with Gasteiger partial charge in [0.2, 0.25) is 0 Å². The Morgan fingerprint density at radius 1 is 1.00 bits per heavy atom. The first-order chi connectivity index (χ1) is 9.74. The summed E-state index contributed by atoms with van der Waals surface area (Å²) in [6, 6.07) is 15.1. The molecule has 2 N–H and O–H groups in total. The molecule has 1 heterocycles. The van der Waals surface area contributed by atoms with Crippen LogP contribution in [-0.4, -0.2) is 12.2 Å². The Kier molecular flexibility index (Phi) is 4.55. The predicted molar refractivity (Wildman–Crippen MR) is 90.0 cm³/mol. The molecule has 21 heavy (non-hydrogen) atoms. The maximum Gasteiger partial charge on any atom is 0.135 e. The third-order valence-electron chi connectivity index (χ3n) is 3.16. The molecular weight excluding hydrogens is 286 g/mol. The van der Waals surface area contributed by atoms with Crippen molar-refractivity contribution in [3.63, 3.8) is 0 Å². The van der Waals surface area contributed by atoms with Crippen LogP contribution in [0.2, 0.25) is 0 Å². The second-order valence-electron chi connectivity index (χ2n) is 4.58. The zero-order chi connectivity index (χ0) is 13.9. The molecule has 1 aromatic heterocycles. The first kappa shape index (κ1) is 15.0. The van der Waals surface area contributed by atoms with Crippen molar-refractivity contribution in [1.29, 1.82) is 0 Å². The number of hydrogen-bond donors (Lipinski definition) is 2. The second-order valence-corrected chi connectivity index (χ2v) is 4.58. The third-order valence-corrected chi connectivity index (χ3v) is 3.16. The lowest BCUT2D eigenvalue weighted by molar-refractivity contribution is 0.476. The SMILES string of the molecule is CNc1ccc(/C=C/c2cc3cc(O)ccc3o2)cc1.Cl. The van der Waals surface area contributed by atoms with Crippen LogP contribution in [0.15, 0.2) is 52.9 Å². The van der Waals surface area contributed by atoms with Crippen molar-refractivity contribution >= 4 is 41.2 Å². The van der Waals surface area contributed by atoms with E-state index in [1.807, 2.05) is 49.5 Å². The standard InChI is InChI=1S/C17H15NO2.ClH/c1-18-14-5-2-12(3-6-14)4-8-16-11-13-10-15(19)7-9-17(13)20-16;/h2-11,18-19H,1H3;1H/b8-4+;. The van der Waals surface area contributed by atoms with Crippen LogP contribution in [0.3, 0.4) is 0 Å². The Morgan fingerprint density at radius 3 is 2.48 bits per heavy atom. The molecule has 2 aromatic carbocycles. The van der Waals surface area contributed by atoms with Gasteiger partial charge in [0, 0.05) is 18.1 Å². The van der Waals surface area contributed by atoms with Crippen LogP contribution in [0.5, 0.6) is 5.75 Å². The van der Waals surface area contributed by atoms with Crippen LogP contribution in [-0.2, 0) is 0 Å². The molecule has 0 bridgehead atoms. The van der Waals surface area contributed by atoms with Crippen LogP contribution in [0.1, 0.15) is 11.3 Å². The number of halogens is 1. The largest absolute Gasteiger partial charge is 0.508 e. The van der Waals surface area contributed by atoms with Crippen molar-refractivity contribution in [3.8, 4) is 5.75 Å². The zero-order valence-electron chi connectivity index (χ0n) is 11.5. The maximum atomic E-state index is 9.43. The average Bonchev–Trinajstić information content (AvgIpc) is 2.87. The quantitative estimate of drug-likeness (QED) is 0.732. The molecule has 0 saturated heterocycles. The van der Waals surface area contributed by atoms with Gasteiger partial charge in [0.15, 0.2) is 0 Å². The summed E-state index contributed by atoms with van der Waals surface area (Å²) < 4.78 is 5.68. The summed E-state index contributed by atoms with van der Waals surface area (Å²) in [5.74, 6) is 1.01. The molecule has 108 valence electrons. The van der Waals surface area contributed by atoms with Gasteiger partial charge in [-0.15, -0.1) is 12.4 Å². The molecule has 3 rings (SSSR count). The molecule has 0 aliphatic carbocycles. The molecule has 0 spiro atoms. The second kappa shape index (κ2) is 6.37. The molecule has 4 heteroatoms. The molecule has 0 aliphatic heterocycles. The van der Waals surface area contributed by atoms with Crippen molar-refractivity contribution in [2.75, 3.05) is 12.4 Å². The smallest absolute Gasteiger partial charge is 0.135 e. The summed E-state index contributed by atoms with van der Waals surface area (Å²) in [6.07, 6.45) is 3.92. The average molecular weight is 302 g/mol. The van der Waals surface area contributed by atoms with Crippen LogP contribution in [0.4, 0.5) is 5.69 Å². The lowest BCUT2D eigenvalue weighted by Gasteiger charge is -1.98. The minimum Gasteiger partial charge on any atom is -0.508 e. The monoisotopic (exact) mass is 301 g/mol. The van der Waals surface area contributed by atoms with E-state index in [1.165, 1.54) is 0 Å². The van der Waals surface area contributed by atoms with E-state index in [9.17, 15) is 5.11 Å². The summed E-state index contributed by atoms with van der Waals surface area (Å²) in [5, 5.41) is 13.4. The maximum absolute atomic E-state index is 9.43. The summed E-state index contributed by atoms with van der Waals surface area (Å²) in [6.45, 7) is 0. The highest BCUT2D eigenvalue weighted by Crippen LogP contribution is 2.24. The van der Waals surface area contributed by atoms with Gasteiger partial charge in [-0.1, -0.05) is 18.2 Å². The van der Waals surface area contributed by atoms with Crippen LogP contribution in [0.25, 0.3) is 23.1 Å². The molecule has 0 radical (unpaired) electrons. The number of aromatic hydroxyl groups is 1. The number of furan rings is 1. The number of phenolic OH excluding ortho intramolecular Hbond substituents is 1. The Morgan fingerprint density at radius 2 is 1.76 bits per heavy atom. The fraction of sp³-hybridized carbons (Fsp3) is 0.0588. The topological polar surface area (TPSA) is 45.4 Å². The number of anilines is 1. The van der Waals surface area contributed by atoms with Crippen molar-refractivity contribution in [1.82, 2.24) is 0 Å². The first-order valence-corrected chi connectivity index (χ1v) is 6.43. The number of fused-ring (bicyclic) bond motifs is 1. The minimum atomic E-state index is 0. The zero-order valence-corrected chi connectivity index (χ0v) is 12.4. The van der Waals surface area contributed by atoms with Gasteiger partial charge in [-0.25, -0.2) is 0 Å². The minimum absolute atomic E-state index is 0. The van der Waals surface area contributed by atoms with E-state index < -0.39 is 0 Å². The third kappa shape index (κ3) is 3.38. The molecular formula is C17H16ClNO2. The lowest BCUT2D eigenvalue weighted by atomic mass is 10.2. The fourth-order valence-electron chi connectivity index (χ4n) is 2.07. The number of phenols is 1. The van der Waals surface area contributed by atoms with E-state index >= 15 is 0 Å². The summed E-state index contributed by atoms with van der Waals surface area (Å²) >= 11 is 0. The number of rotatable bonds is 3. The van der Waals surface area contributed by atoms with Crippen molar-refractivity contribution in [2.45, 2.75) is 0 Å². The summed E-state index contributed by atoms with van der Waals surface area (Å²) in [5.41, 5.74) is 2.96. The molecule has 0 saturated carbocycles. The van der Waals surface area contributed by atoms with E-state index in [0.29, 0.717) is 0 Å². The van der Waals surface area contributed by atoms with E-state index in [2.05, 4.69) is 5.32 Å². The van der Waals surface area contributed by atoms with Crippen LogP contribution >= 0.6 is 12.4 Å². The van der Waals surface area contributed by atoms with Gasteiger partial charge in [0.05, 0.1) is 0 Å². The van der Waals surface area contributed by atoms with Crippen molar-refractivity contribution < 1.29 is 9.52 Å². The molecule has 0 fully saturated rings. The van der Waals surface area contributed by atoms with Gasteiger partial charge >= 0.3 is 0 Å². The highest BCUT2D eigenvalue weighted by Gasteiger charge is 2.01.